The van der Waals surface area contributed by atoms with E-state index in [-0.39, 0.29) is 55.3 Å². The second kappa shape index (κ2) is 13.3. The highest BCUT2D eigenvalue weighted by Crippen LogP contribution is 2.20. The first-order valence-corrected chi connectivity index (χ1v) is 13.3. The minimum absolute atomic E-state index is 0.0191. The van der Waals surface area contributed by atoms with E-state index in [0.717, 1.165) is 17.0 Å². The zero-order valence-electron chi connectivity index (χ0n) is 23.7. The van der Waals surface area contributed by atoms with Gasteiger partial charge >= 0.3 is 0 Å². The van der Waals surface area contributed by atoms with Crippen LogP contribution in [-0.4, -0.2) is 77.1 Å². The number of carbonyl (C=O) groups excluding carboxylic acids is 4. The predicted octanol–water partition coefficient (Wildman–Crippen LogP) is 1.27. The van der Waals surface area contributed by atoms with Gasteiger partial charge in [0.05, 0.1) is 23.8 Å². The summed E-state index contributed by atoms with van der Waals surface area (Å²) in [5.74, 6) is -1.07. The van der Waals surface area contributed by atoms with Crippen molar-refractivity contribution in [1.82, 2.24) is 30.6 Å². The third-order valence-corrected chi connectivity index (χ3v) is 7.11. The molecule has 11 heteroatoms. The van der Waals surface area contributed by atoms with Crippen LogP contribution in [0.5, 0.6) is 5.75 Å². The highest BCUT2D eigenvalue weighted by molar-refractivity contribution is 5.99. The smallest absolute Gasteiger partial charge is 0.255 e. The SMILES string of the molecule is Cc1nn(C)c(C)c1CCNC(=O)[C@@H]1CCC(=O)N(C)CC(=O)N[C@H](C(C)C)COc2ccccc2C(=O)N1. The first kappa shape index (κ1) is 29.7. The number of amides is 4. The van der Waals surface area contributed by atoms with Crippen LogP contribution in [0.4, 0.5) is 0 Å². The topological polar surface area (TPSA) is 135 Å². The fourth-order valence-electron chi connectivity index (χ4n) is 4.49. The molecule has 2 aromatic rings. The minimum Gasteiger partial charge on any atom is -0.491 e. The lowest BCUT2D eigenvalue weighted by atomic mass is 10.1. The van der Waals surface area contributed by atoms with Crippen molar-refractivity contribution in [3.63, 3.8) is 0 Å². The van der Waals surface area contributed by atoms with E-state index < -0.39 is 17.9 Å². The molecule has 2 heterocycles. The lowest BCUT2D eigenvalue weighted by Crippen LogP contribution is -2.48. The number of nitrogens with zero attached hydrogens (tertiary/aromatic N) is 3. The highest BCUT2D eigenvalue weighted by atomic mass is 16.5. The number of benzene rings is 1. The molecule has 1 aliphatic heterocycles. The maximum Gasteiger partial charge on any atom is 0.255 e. The summed E-state index contributed by atoms with van der Waals surface area (Å²) < 4.78 is 7.78. The molecular formula is C28H40N6O5. The Morgan fingerprint density at radius 2 is 1.87 bits per heavy atom. The summed E-state index contributed by atoms with van der Waals surface area (Å²) in [6.45, 7) is 8.18. The molecule has 1 aromatic heterocycles. The zero-order valence-corrected chi connectivity index (χ0v) is 23.7. The number of nitrogens with one attached hydrogen (secondary N) is 3. The lowest BCUT2D eigenvalue weighted by molar-refractivity contribution is -0.135. The van der Waals surface area contributed by atoms with Crippen LogP contribution in [0, 0.1) is 19.8 Å². The van der Waals surface area contributed by atoms with Crippen molar-refractivity contribution in [2.45, 2.75) is 59.0 Å². The van der Waals surface area contributed by atoms with Crippen LogP contribution < -0.4 is 20.7 Å². The first-order valence-electron chi connectivity index (χ1n) is 13.3. The maximum atomic E-state index is 13.3. The summed E-state index contributed by atoms with van der Waals surface area (Å²) in [6.07, 6.45) is 0.641. The molecule has 3 rings (SSSR count). The number of hydrogen-bond acceptors (Lipinski definition) is 6. The Bertz CT molecular complexity index is 1210. The normalized spacial score (nSPS) is 19.4. The van der Waals surface area contributed by atoms with E-state index in [0.29, 0.717) is 18.7 Å². The Kier molecular flexibility index (Phi) is 10.1. The van der Waals surface area contributed by atoms with Crippen LogP contribution in [0.2, 0.25) is 0 Å². The minimum atomic E-state index is -0.957. The summed E-state index contributed by atoms with van der Waals surface area (Å²) in [7, 11) is 3.42. The fourth-order valence-corrected chi connectivity index (χ4v) is 4.49. The molecule has 0 saturated carbocycles. The predicted molar refractivity (Wildman–Crippen MR) is 146 cm³/mol. The summed E-state index contributed by atoms with van der Waals surface area (Å²) in [6, 6.07) is 5.48. The zero-order chi connectivity index (χ0) is 28.7. The molecule has 0 spiro atoms. The molecule has 1 aliphatic rings. The van der Waals surface area contributed by atoms with Gasteiger partial charge in [0, 0.05) is 32.8 Å². The van der Waals surface area contributed by atoms with Crippen LogP contribution >= 0.6 is 0 Å². The Balaban J connectivity index is 1.80. The molecule has 0 saturated heterocycles. The number of hydrogen-bond donors (Lipinski definition) is 3. The van der Waals surface area contributed by atoms with Gasteiger partial charge in [0.15, 0.2) is 0 Å². The number of ether oxygens (including phenoxy) is 1. The molecule has 0 radical (unpaired) electrons. The molecule has 4 amide bonds. The van der Waals surface area contributed by atoms with Gasteiger partial charge in [-0.25, -0.2) is 0 Å². The molecule has 3 N–H and O–H groups in total. The van der Waals surface area contributed by atoms with Crippen molar-refractivity contribution in [3.05, 3.63) is 46.8 Å². The molecule has 11 nitrogen and oxygen atoms in total. The van der Waals surface area contributed by atoms with Crippen LogP contribution in [0.1, 0.15) is 54.0 Å². The Labute approximate surface area is 229 Å². The molecular weight excluding hydrogens is 500 g/mol. The number of fused-ring (bicyclic) bond motifs is 1. The summed E-state index contributed by atoms with van der Waals surface area (Å²) in [5, 5.41) is 13.0. The molecule has 0 fully saturated rings. The number of aryl methyl sites for hydroxylation is 2. The van der Waals surface area contributed by atoms with Crippen molar-refractivity contribution < 1.29 is 23.9 Å². The molecule has 0 aliphatic carbocycles. The Hall–Kier alpha value is -3.89. The third-order valence-electron chi connectivity index (χ3n) is 7.11. The van der Waals surface area contributed by atoms with E-state index in [9.17, 15) is 19.2 Å². The Morgan fingerprint density at radius 1 is 1.15 bits per heavy atom. The monoisotopic (exact) mass is 540 g/mol. The second-order valence-electron chi connectivity index (χ2n) is 10.4. The number of rotatable bonds is 5. The molecule has 212 valence electrons. The van der Waals surface area contributed by atoms with Gasteiger partial charge in [-0.05, 0) is 50.3 Å². The average Bonchev–Trinajstić information content (AvgIpc) is 3.13. The highest BCUT2D eigenvalue weighted by Gasteiger charge is 2.27. The molecule has 0 bridgehead atoms. The number of para-hydroxylation sites is 1. The summed E-state index contributed by atoms with van der Waals surface area (Å²) in [4.78, 5) is 53.3. The Morgan fingerprint density at radius 3 is 2.54 bits per heavy atom. The van der Waals surface area contributed by atoms with Gasteiger partial charge in [-0.2, -0.15) is 5.10 Å². The van der Waals surface area contributed by atoms with Crippen LogP contribution in [0.25, 0.3) is 0 Å². The molecule has 39 heavy (non-hydrogen) atoms. The van der Waals surface area contributed by atoms with Gasteiger partial charge in [0.25, 0.3) is 5.91 Å². The van der Waals surface area contributed by atoms with Gasteiger partial charge in [-0.15, -0.1) is 0 Å². The maximum absolute atomic E-state index is 13.3. The van der Waals surface area contributed by atoms with Gasteiger partial charge in [0.2, 0.25) is 17.7 Å². The van der Waals surface area contributed by atoms with Crippen molar-refractivity contribution >= 4 is 23.6 Å². The van der Waals surface area contributed by atoms with Crippen molar-refractivity contribution in [2.24, 2.45) is 13.0 Å². The van der Waals surface area contributed by atoms with Gasteiger partial charge in [-0.1, -0.05) is 26.0 Å². The van der Waals surface area contributed by atoms with Crippen LogP contribution in [0.3, 0.4) is 0 Å². The fraction of sp³-hybridized carbons (Fsp3) is 0.536. The van der Waals surface area contributed by atoms with Crippen molar-refractivity contribution in [3.8, 4) is 5.75 Å². The number of aromatic nitrogens is 2. The second-order valence-corrected chi connectivity index (χ2v) is 10.4. The van der Waals surface area contributed by atoms with E-state index in [1.54, 1.807) is 36.0 Å². The molecule has 1 aromatic carbocycles. The van der Waals surface area contributed by atoms with Crippen LogP contribution in [0.15, 0.2) is 24.3 Å². The van der Waals surface area contributed by atoms with E-state index in [1.807, 2.05) is 34.7 Å². The van der Waals surface area contributed by atoms with Gasteiger partial charge in [0.1, 0.15) is 18.4 Å². The van der Waals surface area contributed by atoms with E-state index >= 15 is 0 Å². The number of carbonyl (C=O) groups is 4. The lowest BCUT2D eigenvalue weighted by Gasteiger charge is -2.24. The van der Waals surface area contributed by atoms with Crippen molar-refractivity contribution in [1.29, 1.82) is 0 Å². The summed E-state index contributed by atoms with van der Waals surface area (Å²) >= 11 is 0. The van der Waals surface area contributed by atoms with E-state index in [4.69, 9.17) is 4.74 Å². The molecule has 2 atom stereocenters. The van der Waals surface area contributed by atoms with E-state index in [1.165, 1.54) is 4.90 Å². The molecule has 0 unspecified atom stereocenters. The van der Waals surface area contributed by atoms with Crippen LogP contribution in [-0.2, 0) is 27.9 Å². The van der Waals surface area contributed by atoms with Gasteiger partial charge in [-0.3, -0.25) is 23.9 Å². The van der Waals surface area contributed by atoms with E-state index in [2.05, 4.69) is 21.0 Å². The third kappa shape index (κ3) is 7.81. The van der Waals surface area contributed by atoms with Crippen molar-refractivity contribution in [2.75, 3.05) is 26.7 Å². The summed E-state index contributed by atoms with van der Waals surface area (Å²) in [5.41, 5.74) is 3.26. The standard InChI is InChI=1S/C28H40N6O5/c1-17(2)23-16-39-24-10-8-7-9-21(24)27(37)31-22(11-12-26(36)33(5)15-25(35)30-23)28(38)29-14-13-20-18(3)32-34(6)19(20)4/h7-10,17,22-23H,11-16H2,1-6H3,(H,29,38)(H,30,35)(H,31,37)/t22-,23-/m0/s1. The largest absolute Gasteiger partial charge is 0.491 e. The quantitative estimate of drug-likeness (QED) is 0.523. The number of likely N-dealkylation sites (N-methyl/N-ethyl adjacent to an activating group) is 1. The first-order chi connectivity index (χ1) is 18.5. The average molecular weight is 541 g/mol. The van der Waals surface area contributed by atoms with Gasteiger partial charge < -0.3 is 25.6 Å².